The van der Waals surface area contributed by atoms with Gasteiger partial charge in [-0.15, -0.1) is 22.9 Å². The van der Waals surface area contributed by atoms with Gasteiger partial charge in [0.15, 0.2) is 0 Å². The Morgan fingerprint density at radius 2 is 2.04 bits per heavy atom. The number of aromatic nitrogens is 2. The first-order valence-corrected chi connectivity index (χ1v) is 11.8. The summed E-state index contributed by atoms with van der Waals surface area (Å²) in [6.45, 7) is 9.76. The maximum atomic E-state index is 11.9. The van der Waals surface area contributed by atoms with Crippen LogP contribution >= 0.6 is 22.9 Å². The smallest absolute Gasteiger partial charge is 0.237 e. The number of anilines is 1. The quantitative estimate of drug-likeness (QED) is 0.695. The van der Waals surface area contributed by atoms with Crippen LogP contribution in [0.5, 0.6) is 0 Å². The van der Waals surface area contributed by atoms with Crippen LogP contribution in [0.2, 0.25) is 0 Å². The van der Waals surface area contributed by atoms with Gasteiger partial charge >= 0.3 is 0 Å². The average molecular weight is 421 g/mol. The molecular weight excluding hydrogens is 392 g/mol. The second-order valence-electron chi connectivity index (χ2n) is 8.25. The van der Waals surface area contributed by atoms with Crippen LogP contribution in [0.15, 0.2) is 0 Å². The molecule has 2 aromatic rings. The van der Waals surface area contributed by atoms with Crippen LogP contribution in [0.4, 0.5) is 5.82 Å². The van der Waals surface area contributed by atoms with E-state index in [1.807, 2.05) is 16.2 Å². The molecule has 1 amide bonds. The second kappa shape index (κ2) is 8.15. The van der Waals surface area contributed by atoms with E-state index in [2.05, 4.69) is 25.7 Å². The highest BCUT2D eigenvalue weighted by Crippen LogP contribution is 2.41. The molecule has 0 N–H and O–H groups in total. The summed E-state index contributed by atoms with van der Waals surface area (Å²) in [7, 11) is 0. The number of alkyl halides is 1. The van der Waals surface area contributed by atoms with Crippen molar-refractivity contribution in [1.29, 1.82) is 0 Å². The summed E-state index contributed by atoms with van der Waals surface area (Å²) in [4.78, 5) is 28.9. The van der Waals surface area contributed by atoms with Gasteiger partial charge in [0.05, 0.1) is 5.39 Å². The zero-order chi connectivity index (χ0) is 19.8. The van der Waals surface area contributed by atoms with E-state index < -0.39 is 0 Å². The Bertz CT molecular complexity index is 875. The molecule has 1 aliphatic heterocycles. The van der Waals surface area contributed by atoms with Crippen LogP contribution in [0.3, 0.4) is 0 Å². The summed E-state index contributed by atoms with van der Waals surface area (Å²) < 4.78 is 0. The van der Waals surface area contributed by atoms with E-state index in [4.69, 9.17) is 21.6 Å². The van der Waals surface area contributed by atoms with Crippen LogP contribution < -0.4 is 4.90 Å². The fourth-order valence-corrected chi connectivity index (χ4v) is 5.78. The Morgan fingerprint density at radius 3 is 2.71 bits per heavy atom. The minimum atomic E-state index is 0.0244. The molecule has 0 radical (unpaired) electrons. The van der Waals surface area contributed by atoms with Crippen molar-refractivity contribution in [2.75, 3.05) is 37.0 Å². The summed E-state index contributed by atoms with van der Waals surface area (Å²) in [5, 5.41) is 1.27. The summed E-state index contributed by atoms with van der Waals surface area (Å²) >= 11 is 7.61. The first-order chi connectivity index (χ1) is 13.5. The number of amides is 1. The number of nitrogens with zero attached hydrogens (tertiary/aromatic N) is 4. The number of carbonyl (C=O) groups excluding carboxylic acids is 1. The van der Waals surface area contributed by atoms with Crippen molar-refractivity contribution in [2.45, 2.75) is 52.4 Å². The first kappa shape index (κ1) is 19.9. The van der Waals surface area contributed by atoms with Crippen molar-refractivity contribution in [3.63, 3.8) is 0 Å². The minimum Gasteiger partial charge on any atom is -0.352 e. The van der Waals surface area contributed by atoms with Gasteiger partial charge in [0, 0.05) is 37.0 Å². The summed E-state index contributed by atoms with van der Waals surface area (Å²) in [6, 6.07) is 0. The molecule has 152 valence electrons. The van der Waals surface area contributed by atoms with Gasteiger partial charge in [0.2, 0.25) is 5.91 Å². The number of aryl methyl sites for hydroxylation is 1. The zero-order valence-corrected chi connectivity index (χ0v) is 18.6. The van der Waals surface area contributed by atoms with E-state index in [0.717, 1.165) is 54.7 Å². The Hall–Kier alpha value is -1.40. The molecule has 5 nitrogen and oxygen atoms in total. The van der Waals surface area contributed by atoms with Gasteiger partial charge in [-0.3, -0.25) is 4.79 Å². The molecule has 1 aliphatic carbocycles. The maximum absolute atomic E-state index is 11.9. The predicted octanol–water partition coefficient (Wildman–Crippen LogP) is 4.22. The Labute approximate surface area is 176 Å². The summed E-state index contributed by atoms with van der Waals surface area (Å²) in [5.41, 5.74) is 1.48. The Morgan fingerprint density at radius 1 is 1.29 bits per heavy atom. The van der Waals surface area contributed by atoms with E-state index >= 15 is 0 Å². The SMILES string of the molecule is CC[C@@H](C)c1nc(N2CCN(C(=O)CCl)CC2)c2c3c(sc2n1)C[C@@H](C)CC3. The lowest BCUT2D eigenvalue weighted by Crippen LogP contribution is -2.49. The third kappa shape index (κ3) is 3.61. The molecule has 0 spiro atoms. The normalized spacial score (nSPS) is 21.1. The number of hydrogen-bond acceptors (Lipinski definition) is 5. The third-order valence-corrected chi connectivity index (χ3v) is 7.63. The molecule has 0 unspecified atom stereocenters. The number of fused-ring (bicyclic) bond motifs is 3. The lowest BCUT2D eigenvalue weighted by molar-refractivity contribution is -0.128. The molecule has 0 bridgehead atoms. The van der Waals surface area contributed by atoms with Gasteiger partial charge in [-0.2, -0.15) is 0 Å². The van der Waals surface area contributed by atoms with E-state index in [1.165, 1.54) is 22.2 Å². The van der Waals surface area contributed by atoms with Crippen LogP contribution in [0, 0.1) is 5.92 Å². The van der Waals surface area contributed by atoms with Crippen molar-refractivity contribution >= 4 is 44.9 Å². The fraction of sp³-hybridized carbons (Fsp3) is 0.667. The van der Waals surface area contributed by atoms with Gasteiger partial charge in [-0.05, 0) is 37.2 Å². The highest BCUT2D eigenvalue weighted by Gasteiger charge is 2.28. The van der Waals surface area contributed by atoms with Gasteiger partial charge in [-0.25, -0.2) is 9.97 Å². The van der Waals surface area contributed by atoms with E-state index in [9.17, 15) is 4.79 Å². The van der Waals surface area contributed by atoms with Gasteiger partial charge in [0.1, 0.15) is 22.4 Å². The molecule has 1 fully saturated rings. The van der Waals surface area contributed by atoms with Crippen molar-refractivity contribution in [1.82, 2.24) is 14.9 Å². The highest BCUT2D eigenvalue weighted by atomic mass is 35.5. The van der Waals surface area contributed by atoms with Crippen LogP contribution in [0.25, 0.3) is 10.2 Å². The topological polar surface area (TPSA) is 49.3 Å². The van der Waals surface area contributed by atoms with E-state index in [0.29, 0.717) is 19.0 Å². The number of halogens is 1. The fourth-order valence-electron chi connectivity index (χ4n) is 4.22. The van der Waals surface area contributed by atoms with Gasteiger partial charge < -0.3 is 9.80 Å². The first-order valence-electron chi connectivity index (χ1n) is 10.4. The maximum Gasteiger partial charge on any atom is 0.237 e. The van der Waals surface area contributed by atoms with Crippen LogP contribution in [-0.4, -0.2) is 52.8 Å². The largest absolute Gasteiger partial charge is 0.352 e. The lowest BCUT2D eigenvalue weighted by atomic mass is 9.89. The van der Waals surface area contributed by atoms with Gasteiger partial charge in [0.25, 0.3) is 0 Å². The predicted molar refractivity (Wildman–Crippen MR) is 117 cm³/mol. The Kier molecular flexibility index (Phi) is 5.79. The number of thiophene rings is 1. The number of carbonyl (C=O) groups is 1. The summed E-state index contributed by atoms with van der Waals surface area (Å²) in [5.74, 6) is 3.22. The molecule has 2 atom stereocenters. The van der Waals surface area contributed by atoms with Crippen LogP contribution in [0.1, 0.15) is 55.8 Å². The number of piperazine rings is 1. The molecule has 1 saturated heterocycles. The Balaban J connectivity index is 1.74. The third-order valence-electron chi connectivity index (χ3n) is 6.25. The van der Waals surface area contributed by atoms with Crippen LogP contribution in [-0.2, 0) is 17.6 Å². The average Bonchev–Trinajstić information content (AvgIpc) is 3.09. The van der Waals surface area contributed by atoms with E-state index in [1.54, 1.807) is 0 Å². The molecule has 0 aromatic carbocycles. The molecule has 3 heterocycles. The van der Waals surface area contributed by atoms with Crippen molar-refractivity contribution in [3.05, 3.63) is 16.3 Å². The zero-order valence-electron chi connectivity index (χ0n) is 17.0. The number of hydrogen-bond donors (Lipinski definition) is 0. The molecule has 0 saturated carbocycles. The molecule has 2 aliphatic rings. The summed E-state index contributed by atoms with van der Waals surface area (Å²) in [6.07, 6.45) is 4.56. The van der Waals surface area contributed by atoms with E-state index in [-0.39, 0.29) is 11.8 Å². The highest BCUT2D eigenvalue weighted by molar-refractivity contribution is 7.19. The molecule has 2 aromatic heterocycles. The lowest BCUT2D eigenvalue weighted by Gasteiger charge is -2.36. The number of rotatable bonds is 4. The van der Waals surface area contributed by atoms with Crippen molar-refractivity contribution in [2.24, 2.45) is 5.92 Å². The standard InChI is InChI=1S/C21H29ClN4OS/c1-4-14(3)19-23-20(26-9-7-25(8-10-26)17(27)12-22)18-15-6-5-13(2)11-16(15)28-21(18)24-19/h13-14H,4-12H2,1-3H3/t13-,14+/m0/s1. The molecule has 7 heteroatoms. The molecule has 4 rings (SSSR count). The van der Waals surface area contributed by atoms with Gasteiger partial charge in [-0.1, -0.05) is 20.8 Å². The minimum absolute atomic E-state index is 0.0244. The van der Waals surface area contributed by atoms with Crippen molar-refractivity contribution in [3.8, 4) is 0 Å². The second-order valence-corrected chi connectivity index (χ2v) is 9.60. The molecule has 28 heavy (non-hydrogen) atoms. The molecular formula is C21H29ClN4OS. The van der Waals surface area contributed by atoms with Crippen molar-refractivity contribution < 1.29 is 4.79 Å². The monoisotopic (exact) mass is 420 g/mol.